The summed E-state index contributed by atoms with van der Waals surface area (Å²) in [4.78, 5) is 18.8. The summed E-state index contributed by atoms with van der Waals surface area (Å²) < 4.78 is 0. The predicted octanol–water partition coefficient (Wildman–Crippen LogP) is 2.12. The average molecular weight is 290 g/mol. The summed E-state index contributed by atoms with van der Waals surface area (Å²) in [5.41, 5.74) is 1.49. The monoisotopic (exact) mass is 290 g/mol. The van der Waals surface area contributed by atoms with Crippen molar-refractivity contribution in [2.24, 2.45) is 0 Å². The van der Waals surface area contributed by atoms with Gasteiger partial charge in [-0.25, -0.2) is 0 Å². The maximum Gasteiger partial charge on any atom is 0.253 e. The molecule has 1 fully saturated rings. The van der Waals surface area contributed by atoms with Crippen molar-refractivity contribution < 1.29 is 4.79 Å². The zero-order chi connectivity index (χ0) is 15.1. The lowest BCUT2D eigenvalue weighted by molar-refractivity contribution is 0.0929. The number of carbonyl (C=O) groups excluding carboxylic acids is 1. The Balaban J connectivity index is 1.93. The van der Waals surface area contributed by atoms with Crippen LogP contribution in [0, 0.1) is 0 Å². The lowest BCUT2D eigenvalue weighted by Gasteiger charge is -2.32. The molecular weight excluding hydrogens is 264 g/mol. The minimum atomic E-state index is -0.0185. The molecule has 1 unspecified atom stereocenters. The number of hydrogen-bond donors (Lipinski definition) is 2. The lowest BCUT2D eigenvalue weighted by atomic mass is 10.0. The van der Waals surface area contributed by atoms with Gasteiger partial charge >= 0.3 is 0 Å². The van der Waals surface area contributed by atoms with Crippen LogP contribution in [0.3, 0.4) is 0 Å². The van der Waals surface area contributed by atoms with E-state index in [1.165, 1.54) is 12.8 Å². The van der Waals surface area contributed by atoms with E-state index < -0.39 is 0 Å². The summed E-state index contributed by atoms with van der Waals surface area (Å²) in [5, 5.41) is 6.32. The normalized spacial score (nSPS) is 19.2. The van der Waals surface area contributed by atoms with E-state index in [0.29, 0.717) is 18.2 Å². The Hall–Kier alpha value is -1.62. The maximum absolute atomic E-state index is 12.4. The number of carbonyl (C=O) groups is 1. The van der Waals surface area contributed by atoms with Crippen LogP contribution in [0.2, 0.25) is 0 Å². The van der Waals surface area contributed by atoms with Gasteiger partial charge in [0.15, 0.2) is 0 Å². The molecule has 0 radical (unpaired) electrons. The van der Waals surface area contributed by atoms with Gasteiger partial charge in [0.25, 0.3) is 5.91 Å². The second kappa shape index (κ2) is 7.98. The van der Waals surface area contributed by atoms with Gasteiger partial charge in [-0.3, -0.25) is 9.78 Å². The molecule has 0 aliphatic carbocycles. The summed E-state index contributed by atoms with van der Waals surface area (Å²) >= 11 is 0. The Labute approximate surface area is 127 Å². The Morgan fingerprint density at radius 3 is 3.10 bits per heavy atom. The minimum Gasteiger partial charge on any atom is -0.383 e. The fraction of sp³-hybridized carbons (Fsp3) is 0.625. The van der Waals surface area contributed by atoms with Crippen molar-refractivity contribution in [1.82, 2.24) is 15.2 Å². The van der Waals surface area contributed by atoms with Crippen molar-refractivity contribution in [3.63, 3.8) is 0 Å². The summed E-state index contributed by atoms with van der Waals surface area (Å²) in [6.45, 7) is 4.78. The van der Waals surface area contributed by atoms with E-state index in [2.05, 4.69) is 34.5 Å². The van der Waals surface area contributed by atoms with Crippen LogP contribution in [-0.4, -0.2) is 48.5 Å². The van der Waals surface area contributed by atoms with E-state index in [4.69, 9.17) is 0 Å². The van der Waals surface area contributed by atoms with Gasteiger partial charge in [0, 0.05) is 25.3 Å². The molecule has 0 spiro atoms. The fourth-order valence-electron chi connectivity index (χ4n) is 2.70. The van der Waals surface area contributed by atoms with Gasteiger partial charge in [0.05, 0.1) is 17.4 Å². The Morgan fingerprint density at radius 1 is 1.48 bits per heavy atom. The van der Waals surface area contributed by atoms with E-state index in [1.54, 1.807) is 18.5 Å². The molecule has 1 aliphatic rings. The van der Waals surface area contributed by atoms with Crippen LogP contribution in [0.15, 0.2) is 18.5 Å². The molecule has 1 saturated heterocycles. The molecule has 2 rings (SSSR count). The molecule has 21 heavy (non-hydrogen) atoms. The molecule has 5 heteroatoms. The number of nitrogens with zero attached hydrogens (tertiary/aromatic N) is 2. The van der Waals surface area contributed by atoms with Crippen molar-refractivity contribution in [2.75, 3.05) is 32.0 Å². The van der Waals surface area contributed by atoms with Crippen LogP contribution in [-0.2, 0) is 0 Å². The number of aromatic nitrogens is 1. The molecule has 1 aliphatic heterocycles. The Morgan fingerprint density at radius 2 is 2.33 bits per heavy atom. The van der Waals surface area contributed by atoms with E-state index >= 15 is 0 Å². The zero-order valence-corrected chi connectivity index (χ0v) is 13.1. The number of pyridine rings is 1. The number of piperidine rings is 1. The quantitative estimate of drug-likeness (QED) is 0.842. The summed E-state index contributed by atoms with van der Waals surface area (Å²) in [7, 11) is 2.14. The predicted molar refractivity (Wildman–Crippen MR) is 85.6 cm³/mol. The van der Waals surface area contributed by atoms with Crippen molar-refractivity contribution >= 4 is 11.6 Å². The molecule has 0 aromatic carbocycles. The lowest BCUT2D eigenvalue weighted by Crippen LogP contribution is -2.44. The number of nitrogens with one attached hydrogen (secondary N) is 2. The van der Waals surface area contributed by atoms with Gasteiger partial charge in [0.1, 0.15) is 0 Å². The summed E-state index contributed by atoms with van der Waals surface area (Å²) in [5.74, 6) is -0.0185. The van der Waals surface area contributed by atoms with Crippen molar-refractivity contribution in [3.8, 4) is 0 Å². The van der Waals surface area contributed by atoms with Crippen LogP contribution in [0.5, 0.6) is 0 Å². The van der Waals surface area contributed by atoms with E-state index in [-0.39, 0.29) is 5.91 Å². The van der Waals surface area contributed by atoms with Crippen molar-refractivity contribution in [3.05, 3.63) is 24.0 Å². The number of rotatable bonds is 6. The molecular formula is C16H26N4O. The second-order valence-electron chi connectivity index (χ2n) is 5.69. The molecule has 1 aromatic rings. The van der Waals surface area contributed by atoms with E-state index in [1.807, 2.05) is 0 Å². The molecule has 0 saturated carbocycles. The summed E-state index contributed by atoms with van der Waals surface area (Å²) in [6, 6.07) is 2.23. The number of likely N-dealkylation sites (tertiary alicyclic amines) is 1. The molecule has 116 valence electrons. The second-order valence-corrected chi connectivity index (χ2v) is 5.69. The number of amides is 1. The Bertz CT molecular complexity index is 463. The van der Waals surface area contributed by atoms with Crippen LogP contribution in [0.4, 0.5) is 5.69 Å². The molecule has 5 nitrogen and oxygen atoms in total. The van der Waals surface area contributed by atoms with Gasteiger partial charge in [-0.05, 0) is 38.9 Å². The topological polar surface area (TPSA) is 57.3 Å². The highest BCUT2D eigenvalue weighted by atomic mass is 16.1. The Kier molecular flexibility index (Phi) is 5.99. The summed E-state index contributed by atoms with van der Waals surface area (Å²) in [6.07, 6.45) is 8.08. The SMILES string of the molecule is CCCNc1cnccc1C(=O)NCC1CCCCN1C. The molecule has 2 N–H and O–H groups in total. The van der Waals surface area contributed by atoms with E-state index in [9.17, 15) is 4.79 Å². The third-order valence-electron chi connectivity index (χ3n) is 4.05. The number of likely N-dealkylation sites (N-methyl/N-ethyl adjacent to an activating group) is 1. The van der Waals surface area contributed by atoms with Crippen LogP contribution in [0.25, 0.3) is 0 Å². The first-order valence-electron chi connectivity index (χ1n) is 7.88. The molecule has 0 bridgehead atoms. The van der Waals surface area contributed by atoms with Gasteiger partial charge < -0.3 is 15.5 Å². The van der Waals surface area contributed by atoms with Gasteiger partial charge in [-0.15, -0.1) is 0 Å². The fourth-order valence-corrected chi connectivity index (χ4v) is 2.70. The third-order valence-corrected chi connectivity index (χ3v) is 4.05. The van der Waals surface area contributed by atoms with E-state index in [0.717, 1.165) is 31.6 Å². The highest BCUT2D eigenvalue weighted by Gasteiger charge is 2.20. The first kappa shape index (κ1) is 15.8. The number of anilines is 1. The molecule has 1 aromatic heterocycles. The first-order chi connectivity index (χ1) is 10.2. The van der Waals surface area contributed by atoms with Gasteiger partial charge in [-0.1, -0.05) is 13.3 Å². The van der Waals surface area contributed by atoms with Crippen molar-refractivity contribution in [2.45, 2.75) is 38.6 Å². The largest absolute Gasteiger partial charge is 0.383 e. The zero-order valence-electron chi connectivity index (χ0n) is 13.1. The van der Waals surface area contributed by atoms with Crippen LogP contribution < -0.4 is 10.6 Å². The van der Waals surface area contributed by atoms with Crippen molar-refractivity contribution in [1.29, 1.82) is 0 Å². The highest BCUT2D eigenvalue weighted by molar-refractivity contribution is 5.99. The van der Waals surface area contributed by atoms with Gasteiger partial charge in [-0.2, -0.15) is 0 Å². The third kappa shape index (κ3) is 4.43. The smallest absolute Gasteiger partial charge is 0.253 e. The maximum atomic E-state index is 12.4. The van der Waals surface area contributed by atoms with Crippen LogP contribution >= 0.6 is 0 Å². The minimum absolute atomic E-state index is 0.0185. The highest BCUT2D eigenvalue weighted by Crippen LogP contribution is 2.16. The van der Waals surface area contributed by atoms with Crippen LogP contribution in [0.1, 0.15) is 43.0 Å². The molecule has 2 heterocycles. The first-order valence-corrected chi connectivity index (χ1v) is 7.88. The molecule has 1 atom stereocenters. The average Bonchev–Trinajstić information content (AvgIpc) is 2.52. The standard InChI is InChI=1S/C16H26N4O/c1-3-8-18-15-12-17-9-7-14(15)16(21)19-11-13-6-4-5-10-20(13)2/h7,9,12-13,18H,3-6,8,10-11H2,1-2H3,(H,19,21). The molecule has 1 amide bonds. The number of hydrogen-bond acceptors (Lipinski definition) is 4. The van der Waals surface area contributed by atoms with Gasteiger partial charge in [0.2, 0.25) is 0 Å².